The lowest BCUT2D eigenvalue weighted by Gasteiger charge is -2.39. The lowest BCUT2D eigenvalue weighted by atomic mass is 9.93. The van der Waals surface area contributed by atoms with Gasteiger partial charge in [0.25, 0.3) is 0 Å². The van der Waals surface area contributed by atoms with Crippen molar-refractivity contribution in [2.24, 2.45) is 16.8 Å². The molecule has 2 unspecified atom stereocenters. The molecule has 2 aromatic rings. The number of thiophene rings is 1. The van der Waals surface area contributed by atoms with Gasteiger partial charge in [-0.25, -0.2) is 4.98 Å². The van der Waals surface area contributed by atoms with Crippen molar-refractivity contribution in [2.75, 3.05) is 39.3 Å². The van der Waals surface area contributed by atoms with Crippen molar-refractivity contribution in [1.82, 2.24) is 24.7 Å². The molecule has 0 aliphatic carbocycles. The Hall–Kier alpha value is -1.86. The van der Waals surface area contributed by atoms with Crippen LogP contribution >= 0.6 is 11.3 Å². The smallest absolute Gasteiger partial charge is 0.193 e. The summed E-state index contributed by atoms with van der Waals surface area (Å²) >= 11 is 1.87. The summed E-state index contributed by atoms with van der Waals surface area (Å²) in [5.41, 5.74) is 0. The molecule has 0 saturated carbocycles. The Morgan fingerprint density at radius 1 is 1.27 bits per heavy atom. The number of hydrogen-bond donors (Lipinski definition) is 1. The van der Waals surface area contributed by atoms with Crippen LogP contribution in [0.15, 0.2) is 41.2 Å². The second-order valence-corrected chi connectivity index (χ2v) is 9.81. The number of rotatable bonds is 6. The van der Waals surface area contributed by atoms with E-state index < -0.39 is 0 Å². The Balaban J connectivity index is 1.31. The topological polar surface area (TPSA) is 48.7 Å². The normalized spacial score (nSPS) is 24.3. The van der Waals surface area contributed by atoms with Crippen molar-refractivity contribution in [1.29, 1.82) is 0 Å². The van der Waals surface area contributed by atoms with Gasteiger partial charge in [-0.3, -0.25) is 9.89 Å². The molecule has 164 valence electrons. The van der Waals surface area contributed by atoms with E-state index in [2.05, 4.69) is 62.2 Å². The molecule has 4 rings (SSSR count). The molecule has 7 heteroatoms. The Morgan fingerprint density at radius 2 is 2.13 bits per heavy atom. The van der Waals surface area contributed by atoms with Crippen LogP contribution in [0, 0.1) is 11.8 Å². The largest absolute Gasteiger partial charge is 0.357 e. The first-order valence-electron chi connectivity index (χ1n) is 11.5. The first-order chi connectivity index (χ1) is 14.7. The molecule has 2 aliphatic heterocycles. The van der Waals surface area contributed by atoms with Gasteiger partial charge in [-0.05, 0) is 62.6 Å². The van der Waals surface area contributed by atoms with E-state index in [-0.39, 0.29) is 0 Å². The molecule has 2 aliphatic rings. The minimum atomic E-state index is 0.464. The number of nitrogens with zero attached hydrogens (tertiary/aromatic N) is 5. The molecular weight excluding hydrogens is 392 g/mol. The van der Waals surface area contributed by atoms with E-state index in [4.69, 9.17) is 4.99 Å². The lowest BCUT2D eigenvalue weighted by molar-refractivity contribution is 0.179. The van der Waals surface area contributed by atoms with Crippen LogP contribution in [0.3, 0.4) is 0 Å². The van der Waals surface area contributed by atoms with E-state index in [0.29, 0.717) is 17.9 Å². The maximum Gasteiger partial charge on any atom is 0.193 e. The second kappa shape index (κ2) is 10.4. The van der Waals surface area contributed by atoms with E-state index in [1.54, 1.807) is 0 Å². The summed E-state index contributed by atoms with van der Waals surface area (Å²) in [5.74, 6) is 2.45. The highest BCUT2D eigenvalue weighted by molar-refractivity contribution is 7.09. The van der Waals surface area contributed by atoms with Gasteiger partial charge in [0, 0.05) is 50.0 Å². The number of guanidine groups is 1. The van der Waals surface area contributed by atoms with Gasteiger partial charge in [0.1, 0.15) is 0 Å². The average Bonchev–Trinajstić information content (AvgIpc) is 3.47. The Bertz CT molecular complexity index is 764. The quantitative estimate of drug-likeness (QED) is 0.563. The van der Waals surface area contributed by atoms with Crippen molar-refractivity contribution >= 4 is 17.3 Å². The van der Waals surface area contributed by atoms with E-state index in [1.165, 1.54) is 37.2 Å². The molecule has 2 fully saturated rings. The number of likely N-dealkylation sites (tertiary alicyclic amines) is 2. The van der Waals surface area contributed by atoms with Gasteiger partial charge in [-0.2, -0.15) is 0 Å². The summed E-state index contributed by atoms with van der Waals surface area (Å²) < 4.78 is 2.27. The summed E-state index contributed by atoms with van der Waals surface area (Å²) in [6.45, 7) is 12.0. The van der Waals surface area contributed by atoms with Gasteiger partial charge < -0.3 is 14.8 Å². The van der Waals surface area contributed by atoms with Gasteiger partial charge >= 0.3 is 0 Å². The molecule has 0 amide bonds. The fraction of sp³-hybridized carbons (Fsp3) is 0.652. The average molecular weight is 429 g/mol. The first kappa shape index (κ1) is 21.4. The highest BCUT2D eigenvalue weighted by Crippen LogP contribution is 2.27. The SMILES string of the molecule is CCNC(=NCC1CCN(Cc2cccs2)CC1)N1CCC(C)C(n2ccnc2)C1. The third-order valence-electron chi connectivity index (χ3n) is 6.63. The fourth-order valence-corrected chi connectivity index (χ4v) is 5.43. The molecule has 2 saturated heterocycles. The second-order valence-electron chi connectivity index (χ2n) is 8.78. The number of piperidine rings is 2. The zero-order chi connectivity index (χ0) is 20.8. The maximum absolute atomic E-state index is 5.09. The predicted octanol–water partition coefficient (Wildman–Crippen LogP) is 3.71. The van der Waals surface area contributed by atoms with Crippen molar-refractivity contribution in [3.05, 3.63) is 41.1 Å². The predicted molar refractivity (Wildman–Crippen MR) is 125 cm³/mol. The van der Waals surface area contributed by atoms with Gasteiger partial charge in [-0.1, -0.05) is 13.0 Å². The fourth-order valence-electron chi connectivity index (χ4n) is 4.69. The maximum atomic E-state index is 5.09. The van der Waals surface area contributed by atoms with Gasteiger partial charge in [-0.15, -0.1) is 11.3 Å². The van der Waals surface area contributed by atoms with Crippen LogP contribution < -0.4 is 5.32 Å². The molecule has 30 heavy (non-hydrogen) atoms. The van der Waals surface area contributed by atoms with Crippen molar-refractivity contribution in [2.45, 2.75) is 45.7 Å². The van der Waals surface area contributed by atoms with Crippen LogP contribution in [-0.2, 0) is 6.54 Å². The lowest BCUT2D eigenvalue weighted by Crippen LogP contribution is -2.49. The standard InChI is InChI=1S/C23H36N6S/c1-3-25-23(28-12-6-19(2)22(17-28)29-13-9-24-18-29)26-15-20-7-10-27(11-8-20)16-21-5-4-14-30-21/h4-5,9,13-14,18-20,22H,3,6-8,10-12,15-17H2,1-2H3,(H,25,26). The molecule has 2 aromatic heterocycles. The summed E-state index contributed by atoms with van der Waals surface area (Å²) in [6.07, 6.45) is 9.63. The molecule has 0 spiro atoms. The van der Waals surface area contributed by atoms with E-state index in [9.17, 15) is 0 Å². The van der Waals surface area contributed by atoms with Gasteiger partial charge in [0.2, 0.25) is 0 Å². The molecular formula is C23H36N6S. The number of aliphatic imine (C=N–C) groups is 1. The molecule has 0 aromatic carbocycles. The summed E-state index contributed by atoms with van der Waals surface area (Å²) in [7, 11) is 0. The van der Waals surface area contributed by atoms with E-state index in [1.807, 2.05) is 23.9 Å². The summed E-state index contributed by atoms with van der Waals surface area (Å²) in [6, 6.07) is 4.87. The van der Waals surface area contributed by atoms with Crippen LogP contribution in [0.2, 0.25) is 0 Å². The zero-order valence-corrected chi connectivity index (χ0v) is 19.2. The monoisotopic (exact) mass is 428 g/mol. The molecule has 0 bridgehead atoms. The summed E-state index contributed by atoms with van der Waals surface area (Å²) in [4.78, 5) is 15.9. The number of imidazole rings is 1. The van der Waals surface area contributed by atoms with Crippen LogP contribution in [-0.4, -0.2) is 64.6 Å². The summed E-state index contributed by atoms with van der Waals surface area (Å²) in [5, 5.41) is 5.73. The highest BCUT2D eigenvalue weighted by Gasteiger charge is 2.29. The van der Waals surface area contributed by atoms with Crippen LogP contribution in [0.25, 0.3) is 0 Å². The number of aromatic nitrogens is 2. The van der Waals surface area contributed by atoms with Crippen LogP contribution in [0.4, 0.5) is 0 Å². The van der Waals surface area contributed by atoms with E-state index >= 15 is 0 Å². The van der Waals surface area contributed by atoms with Gasteiger partial charge in [0.05, 0.1) is 12.4 Å². The first-order valence-corrected chi connectivity index (χ1v) is 12.4. The van der Waals surface area contributed by atoms with Crippen molar-refractivity contribution < 1.29 is 0 Å². The third kappa shape index (κ3) is 5.43. The zero-order valence-electron chi connectivity index (χ0n) is 18.4. The molecule has 0 radical (unpaired) electrons. The van der Waals surface area contributed by atoms with Crippen LogP contribution in [0.5, 0.6) is 0 Å². The third-order valence-corrected chi connectivity index (χ3v) is 7.49. The highest BCUT2D eigenvalue weighted by atomic mass is 32.1. The van der Waals surface area contributed by atoms with Crippen molar-refractivity contribution in [3.8, 4) is 0 Å². The van der Waals surface area contributed by atoms with Crippen LogP contribution in [0.1, 0.15) is 44.0 Å². The van der Waals surface area contributed by atoms with Gasteiger partial charge in [0.15, 0.2) is 5.96 Å². The van der Waals surface area contributed by atoms with E-state index in [0.717, 1.165) is 38.7 Å². The molecule has 2 atom stereocenters. The number of nitrogens with one attached hydrogen (secondary N) is 1. The Morgan fingerprint density at radius 3 is 2.83 bits per heavy atom. The minimum Gasteiger partial charge on any atom is -0.357 e. The molecule has 4 heterocycles. The molecule has 1 N–H and O–H groups in total. The van der Waals surface area contributed by atoms with Crippen molar-refractivity contribution in [3.63, 3.8) is 0 Å². The Labute approximate surface area is 185 Å². The number of hydrogen-bond acceptors (Lipinski definition) is 4. The minimum absolute atomic E-state index is 0.464. The molecule has 6 nitrogen and oxygen atoms in total. The Kier molecular flexibility index (Phi) is 7.44.